The quantitative estimate of drug-likeness (QED) is 0.846. The minimum Gasteiger partial charge on any atom is -0.343 e. The van der Waals surface area contributed by atoms with Crippen molar-refractivity contribution in [2.24, 2.45) is 5.73 Å². The number of hydrogen-bond donors (Lipinski definition) is 1. The normalized spacial score (nSPS) is 30.7. The Balaban J connectivity index is 2.20. The molecule has 2 rings (SSSR count). The number of rotatable bonds is 2. The maximum absolute atomic E-state index is 5.77. The summed E-state index contributed by atoms with van der Waals surface area (Å²) in [5.74, 6) is -0.631. The van der Waals surface area contributed by atoms with Gasteiger partial charge >= 0.3 is 0 Å². The molecule has 2 unspecified atom stereocenters. The standard InChI is InChI=1S/C11H14INO2/c1-11(14-7-10(6-13)15-11)8-2-4-9(12)5-3-8/h2-5,10H,6-7,13H2,1H3. The molecule has 1 heterocycles. The fourth-order valence-corrected chi connectivity index (χ4v) is 2.02. The van der Waals surface area contributed by atoms with Gasteiger partial charge in [0.05, 0.1) is 12.7 Å². The van der Waals surface area contributed by atoms with Gasteiger partial charge in [-0.25, -0.2) is 0 Å². The van der Waals surface area contributed by atoms with Crippen LogP contribution in [0.4, 0.5) is 0 Å². The molecule has 0 spiro atoms. The van der Waals surface area contributed by atoms with Crippen LogP contribution in [0.5, 0.6) is 0 Å². The van der Waals surface area contributed by atoms with Crippen LogP contribution >= 0.6 is 22.6 Å². The van der Waals surface area contributed by atoms with Gasteiger partial charge in [-0.15, -0.1) is 0 Å². The maximum Gasteiger partial charge on any atom is 0.192 e. The van der Waals surface area contributed by atoms with Crippen molar-refractivity contribution < 1.29 is 9.47 Å². The minimum absolute atomic E-state index is 0.00859. The smallest absolute Gasteiger partial charge is 0.192 e. The van der Waals surface area contributed by atoms with E-state index in [0.717, 1.165) is 5.56 Å². The van der Waals surface area contributed by atoms with Crippen LogP contribution in [0.2, 0.25) is 0 Å². The first-order chi connectivity index (χ1) is 7.14. The van der Waals surface area contributed by atoms with E-state index in [1.807, 2.05) is 31.2 Å². The van der Waals surface area contributed by atoms with E-state index >= 15 is 0 Å². The van der Waals surface area contributed by atoms with Crippen molar-refractivity contribution in [3.05, 3.63) is 33.4 Å². The Hall–Kier alpha value is -0.170. The van der Waals surface area contributed by atoms with Gasteiger partial charge in [0.2, 0.25) is 0 Å². The molecule has 1 aliphatic rings. The summed E-state index contributed by atoms with van der Waals surface area (Å²) in [5.41, 5.74) is 6.59. The summed E-state index contributed by atoms with van der Waals surface area (Å²) >= 11 is 2.27. The molecule has 1 aromatic carbocycles. The molecule has 0 saturated carbocycles. The summed E-state index contributed by atoms with van der Waals surface area (Å²) in [4.78, 5) is 0. The third kappa shape index (κ3) is 2.33. The number of halogens is 1. The summed E-state index contributed by atoms with van der Waals surface area (Å²) < 4.78 is 12.6. The third-order valence-electron chi connectivity index (χ3n) is 2.57. The molecule has 15 heavy (non-hydrogen) atoms. The molecule has 0 bridgehead atoms. The van der Waals surface area contributed by atoms with Gasteiger partial charge in [-0.3, -0.25) is 0 Å². The molecule has 1 aromatic rings. The van der Waals surface area contributed by atoms with Crippen LogP contribution in [-0.2, 0) is 15.3 Å². The zero-order valence-electron chi connectivity index (χ0n) is 8.57. The Morgan fingerprint density at radius 1 is 1.47 bits per heavy atom. The lowest BCUT2D eigenvalue weighted by atomic mass is 10.1. The van der Waals surface area contributed by atoms with Gasteiger partial charge in [-0.05, 0) is 41.6 Å². The van der Waals surface area contributed by atoms with Gasteiger partial charge in [0.1, 0.15) is 0 Å². The van der Waals surface area contributed by atoms with Gasteiger partial charge in [-0.1, -0.05) is 12.1 Å². The highest BCUT2D eigenvalue weighted by Gasteiger charge is 2.38. The molecular weight excluding hydrogens is 305 g/mol. The zero-order chi connectivity index (χ0) is 10.9. The van der Waals surface area contributed by atoms with E-state index in [0.29, 0.717) is 13.2 Å². The Morgan fingerprint density at radius 2 is 2.13 bits per heavy atom. The van der Waals surface area contributed by atoms with E-state index in [1.165, 1.54) is 3.57 Å². The summed E-state index contributed by atoms with van der Waals surface area (Å²) in [7, 11) is 0. The monoisotopic (exact) mass is 319 g/mol. The average molecular weight is 319 g/mol. The second kappa shape index (κ2) is 4.37. The number of hydrogen-bond acceptors (Lipinski definition) is 3. The average Bonchev–Trinajstić information content (AvgIpc) is 2.62. The van der Waals surface area contributed by atoms with E-state index in [9.17, 15) is 0 Å². The molecule has 0 aromatic heterocycles. The van der Waals surface area contributed by atoms with Crippen LogP contribution < -0.4 is 5.73 Å². The molecule has 0 radical (unpaired) electrons. The first-order valence-corrected chi connectivity index (χ1v) is 6.00. The second-order valence-corrected chi connectivity index (χ2v) is 4.98. The second-order valence-electron chi connectivity index (χ2n) is 3.74. The van der Waals surface area contributed by atoms with Crippen molar-refractivity contribution in [1.82, 2.24) is 0 Å². The van der Waals surface area contributed by atoms with E-state index < -0.39 is 5.79 Å². The lowest BCUT2D eigenvalue weighted by Gasteiger charge is -2.23. The van der Waals surface area contributed by atoms with Gasteiger partial charge in [0.15, 0.2) is 5.79 Å². The fraction of sp³-hybridized carbons (Fsp3) is 0.455. The largest absolute Gasteiger partial charge is 0.343 e. The summed E-state index contributed by atoms with van der Waals surface area (Å²) in [5, 5.41) is 0. The Labute approximate surface area is 103 Å². The van der Waals surface area contributed by atoms with E-state index in [2.05, 4.69) is 22.6 Å². The molecule has 3 nitrogen and oxygen atoms in total. The van der Waals surface area contributed by atoms with E-state index in [1.54, 1.807) is 0 Å². The van der Waals surface area contributed by atoms with Crippen LogP contribution in [0.3, 0.4) is 0 Å². The third-order valence-corrected chi connectivity index (χ3v) is 3.29. The predicted octanol–water partition coefficient (Wildman–Crippen LogP) is 1.84. The van der Waals surface area contributed by atoms with Gasteiger partial charge in [-0.2, -0.15) is 0 Å². The summed E-state index contributed by atoms with van der Waals surface area (Å²) in [6.45, 7) is 3.00. The van der Waals surface area contributed by atoms with Crippen molar-refractivity contribution in [2.45, 2.75) is 18.8 Å². The minimum atomic E-state index is -0.631. The van der Waals surface area contributed by atoms with Crippen LogP contribution in [0.1, 0.15) is 12.5 Å². The van der Waals surface area contributed by atoms with Crippen molar-refractivity contribution in [3.63, 3.8) is 0 Å². The fourth-order valence-electron chi connectivity index (χ4n) is 1.66. The van der Waals surface area contributed by atoms with Crippen LogP contribution in [0, 0.1) is 3.57 Å². The van der Waals surface area contributed by atoms with Crippen molar-refractivity contribution in [3.8, 4) is 0 Å². The van der Waals surface area contributed by atoms with E-state index in [-0.39, 0.29) is 6.10 Å². The molecule has 0 aliphatic carbocycles. The first kappa shape index (κ1) is 11.3. The molecule has 1 saturated heterocycles. The molecule has 82 valence electrons. The van der Waals surface area contributed by atoms with Crippen LogP contribution in [0.15, 0.2) is 24.3 Å². The van der Waals surface area contributed by atoms with Crippen LogP contribution in [0.25, 0.3) is 0 Å². The Bertz CT molecular complexity index is 341. The highest BCUT2D eigenvalue weighted by molar-refractivity contribution is 14.1. The SMILES string of the molecule is CC1(c2ccc(I)cc2)OCC(CN)O1. The molecule has 0 amide bonds. The molecule has 2 N–H and O–H groups in total. The molecule has 1 aliphatic heterocycles. The zero-order valence-corrected chi connectivity index (χ0v) is 10.7. The molecule has 4 heteroatoms. The van der Waals surface area contributed by atoms with Crippen molar-refractivity contribution >= 4 is 22.6 Å². The Morgan fingerprint density at radius 3 is 2.67 bits per heavy atom. The molecular formula is C11H14INO2. The number of benzene rings is 1. The maximum atomic E-state index is 5.77. The van der Waals surface area contributed by atoms with Crippen molar-refractivity contribution in [2.75, 3.05) is 13.2 Å². The molecule has 1 fully saturated rings. The molecule has 2 atom stereocenters. The number of nitrogens with two attached hydrogens (primary N) is 1. The van der Waals surface area contributed by atoms with Gasteiger partial charge in [0, 0.05) is 15.7 Å². The first-order valence-electron chi connectivity index (χ1n) is 4.92. The number of ether oxygens (including phenoxy) is 2. The Kier molecular flexibility index (Phi) is 3.30. The summed E-state index contributed by atoms with van der Waals surface area (Å²) in [6.07, 6.45) is 0.00859. The topological polar surface area (TPSA) is 44.5 Å². The van der Waals surface area contributed by atoms with Gasteiger partial charge in [0.25, 0.3) is 0 Å². The highest BCUT2D eigenvalue weighted by Crippen LogP contribution is 2.33. The van der Waals surface area contributed by atoms with Crippen LogP contribution in [-0.4, -0.2) is 19.3 Å². The highest BCUT2D eigenvalue weighted by atomic mass is 127. The predicted molar refractivity (Wildman–Crippen MR) is 66.4 cm³/mol. The lowest BCUT2D eigenvalue weighted by molar-refractivity contribution is -0.160. The van der Waals surface area contributed by atoms with E-state index in [4.69, 9.17) is 15.2 Å². The van der Waals surface area contributed by atoms with Gasteiger partial charge < -0.3 is 15.2 Å². The lowest BCUT2D eigenvalue weighted by Crippen LogP contribution is -2.27. The summed E-state index contributed by atoms with van der Waals surface area (Å²) in [6, 6.07) is 8.15. The van der Waals surface area contributed by atoms with Crippen molar-refractivity contribution in [1.29, 1.82) is 0 Å².